The van der Waals surface area contributed by atoms with E-state index >= 15 is 0 Å². The summed E-state index contributed by atoms with van der Waals surface area (Å²) in [7, 11) is 0. The van der Waals surface area contributed by atoms with Crippen LogP contribution in [-0.2, 0) is 4.74 Å². The first-order valence-corrected chi connectivity index (χ1v) is 4.38. The molecule has 1 radical (unpaired) electrons. The largest absolute Gasteiger partial charge is 0.460 e. The zero-order valence-electron chi connectivity index (χ0n) is 8.64. The summed E-state index contributed by atoms with van der Waals surface area (Å²) in [5.74, 6) is -19.0. The molecule has 0 amide bonds. The molecule has 0 saturated carbocycles. The fourth-order valence-corrected chi connectivity index (χ4v) is 0.867. The van der Waals surface area contributed by atoms with E-state index in [0.29, 0.717) is 0 Å². The van der Waals surface area contributed by atoms with Crippen LogP contribution in [0.3, 0.4) is 0 Å². The number of hydrogen-bond donors (Lipinski definition) is 0. The van der Waals surface area contributed by atoms with Crippen molar-refractivity contribution in [2.45, 2.75) is 30.4 Å². The third-order valence-corrected chi connectivity index (χ3v) is 1.91. The van der Waals surface area contributed by atoms with E-state index < -0.39 is 43.6 Å². The van der Waals surface area contributed by atoms with Gasteiger partial charge in [-0.25, -0.2) is 0 Å². The third-order valence-electron chi connectivity index (χ3n) is 1.91. The maximum atomic E-state index is 12.7. The second kappa shape index (κ2) is 5.14. The van der Waals surface area contributed by atoms with E-state index in [2.05, 4.69) is 11.7 Å². The quantitative estimate of drug-likeness (QED) is 0.535. The van der Waals surface area contributed by atoms with E-state index in [1.165, 1.54) is 0 Å². The molecule has 0 saturated heterocycles. The van der Waals surface area contributed by atoms with Gasteiger partial charge in [0.25, 0.3) is 0 Å². The lowest BCUT2D eigenvalue weighted by atomic mass is 10.0. The van der Waals surface area contributed by atoms with Crippen LogP contribution < -0.4 is 0 Å². The highest BCUT2D eigenvalue weighted by atomic mass is 19.4. The molecular formula is C8H8F9O. The molecule has 0 atom stereocenters. The van der Waals surface area contributed by atoms with Crippen LogP contribution in [0.15, 0.2) is 0 Å². The van der Waals surface area contributed by atoms with E-state index in [4.69, 9.17) is 0 Å². The smallest absolute Gasteiger partial charge is 0.381 e. The summed E-state index contributed by atoms with van der Waals surface area (Å²) in [6.45, 7) is 1.43. The standard InChI is InChI=1S/C8H8F9O/c1-2-18-4-3-5(9,10)6(11,12)7(13,14)8(15,16)17/h1-4H2. The number of ether oxygens (including phenoxy) is 1. The van der Waals surface area contributed by atoms with Crippen molar-refractivity contribution in [3.05, 3.63) is 6.92 Å². The first-order chi connectivity index (χ1) is 7.81. The van der Waals surface area contributed by atoms with Crippen molar-refractivity contribution in [1.29, 1.82) is 0 Å². The highest BCUT2D eigenvalue weighted by Crippen LogP contribution is 2.53. The Kier molecular flexibility index (Phi) is 4.95. The summed E-state index contributed by atoms with van der Waals surface area (Å²) in [6.07, 6.45) is -8.77. The average Bonchev–Trinajstić information content (AvgIpc) is 2.15. The lowest BCUT2D eigenvalue weighted by Crippen LogP contribution is -2.61. The van der Waals surface area contributed by atoms with Gasteiger partial charge in [-0.15, -0.1) is 0 Å². The van der Waals surface area contributed by atoms with E-state index in [0.717, 1.165) is 0 Å². The zero-order valence-corrected chi connectivity index (χ0v) is 8.64. The van der Waals surface area contributed by atoms with Crippen molar-refractivity contribution in [2.24, 2.45) is 0 Å². The fourth-order valence-electron chi connectivity index (χ4n) is 0.867. The second-order valence-electron chi connectivity index (χ2n) is 3.21. The Morgan fingerprint density at radius 1 is 0.778 bits per heavy atom. The van der Waals surface area contributed by atoms with Crippen LogP contribution in [-0.4, -0.2) is 37.2 Å². The summed E-state index contributed by atoms with van der Waals surface area (Å²) in [5, 5.41) is 0. The summed E-state index contributed by atoms with van der Waals surface area (Å²) >= 11 is 0. The molecule has 0 rings (SSSR count). The van der Waals surface area contributed by atoms with E-state index in [9.17, 15) is 39.5 Å². The van der Waals surface area contributed by atoms with Gasteiger partial charge in [-0.3, -0.25) is 0 Å². The van der Waals surface area contributed by atoms with Crippen LogP contribution in [0.25, 0.3) is 0 Å². The Balaban J connectivity index is 5.11. The molecule has 0 aliphatic carbocycles. The van der Waals surface area contributed by atoms with Crippen LogP contribution >= 0.6 is 0 Å². The predicted octanol–water partition coefficient (Wildman–Crippen LogP) is 3.70. The predicted molar refractivity (Wildman–Crippen MR) is 41.7 cm³/mol. The van der Waals surface area contributed by atoms with Gasteiger partial charge in [0, 0.05) is 13.0 Å². The highest BCUT2D eigenvalue weighted by Gasteiger charge is 2.81. The molecule has 10 heteroatoms. The van der Waals surface area contributed by atoms with Gasteiger partial charge in [0.05, 0.1) is 6.61 Å². The average molecular weight is 291 g/mol. The first kappa shape index (κ1) is 17.3. The van der Waals surface area contributed by atoms with Gasteiger partial charge >= 0.3 is 23.9 Å². The summed E-state index contributed by atoms with van der Waals surface area (Å²) in [6, 6.07) is 0. The Labute approximate surface area is 95.9 Å². The minimum atomic E-state index is -6.84. The molecule has 0 spiro atoms. The van der Waals surface area contributed by atoms with E-state index in [1.54, 1.807) is 0 Å². The summed E-state index contributed by atoms with van der Waals surface area (Å²) < 4.78 is 114. The maximum absolute atomic E-state index is 12.7. The minimum Gasteiger partial charge on any atom is -0.381 e. The molecule has 18 heavy (non-hydrogen) atoms. The number of hydrogen-bond acceptors (Lipinski definition) is 1. The number of halogens is 9. The van der Waals surface area contributed by atoms with Gasteiger partial charge in [0.1, 0.15) is 0 Å². The van der Waals surface area contributed by atoms with Crippen LogP contribution in [0.5, 0.6) is 0 Å². The van der Waals surface area contributed by atoms with Crippen LogP contribution in [0.4, 0.5) is 39.5 Å². The SMILES string of the molecule is [CH2]COCCC(F)(F)C(F)(F)C(F)(F)C(F)(F)F. The van der Waals surface area contributed by atoms with E-state index in [-0.39, 0.29) is 0 Å². The van der Waals surface area contributed by atoms with Gasteiger partial charge in [0.15, 0.2) is 0 Å². The number of alkyl halides is 9. The van der Waals surface area contributed by atoms with Crippen molar-refractivity contribution in [1.82, 2.24) is 0 Å². The molecule has 0 aromatic heterocycles. The molecule has 0 aromatic carbocycles. The van der Waals surface area contributed by atoms with Gasteiger partial charge in [-0.05, 0) is 6.92 Å². The Morgan fingerprint density at radius 2 is 1.22 bits per heavy atom. The maximum Gasteiger partial charge on any atom is 0.460 e. The van der Waals surface area contributed by atoms with Gasteiger partial charge in [-0.1, -0.05) is 0 Å². The third kappa shape index (κ3) is 3.01. The number of rotatable bonds is 6. The molecule has 0 heterocycles. The molecule has 0 aromatic rings. The fraction of sp³-hybridized carbons (Fsp3) is 0.875. The Bertz CT molecular complexity index is 270. The van der Waals surface area contributed by atoms with Crippen molar-refractivity contribution in [3.8, 4) is 0 Å². The molecule has 0 fully saturated rings. The monoisotopic (exact) mass is 291 g/mol. The molecule has 0 aliphatic rings. The van der Waals surface area contributed by atoms with Crippen molar-refractivity contribution >= 4 is 0 Å². The minimum absolute atomic E-state index is 0.419. The lowest BCUT2D eigenvalue weighted by molar-refractivity contribution is -0.397. The van der Waals surface area contributed by atoms with Gasteiger partial charge in [-0.2, -0.15) is 39.5 Å². The van der Waals surface area contributed by atoms with Gasteiger partial charge in [0.2, 0.25) is 0 Å². The van der Waals surface area contributed by atoms with Crippen LogP contribution in [0.1, 0.15) is 6.42 Å². The highest BCUT2D eigenvalue weighted by molar-refractivity contribution is 5.00. The van der Waals surface area contributed by atoms with Gasteiger partial charge < -0.3 is 4.74 Å². The van der Waals surface area contributed by atoms with Crippen molar-refractivity contribution < 1.29 is 44.3 Å². The molecule has 0 N–H and O–H groups in total. The molecule has 1 nitrogen and oxygen atoms in total. The summed E-state index contributed by atoms with van der Waals surface area (Å²) in [4.78, 5) is 0. The molecule has 109 valence electrons. The zero-order chi connectivity index (χ0) is 14.8. The first-order valence-electron chi connectivity index (χ1n) is 4.38. The molecular weight excluding hydrogens is 283 g/mol. The van der Waals surface area contributed by atoms with Crippen LogP contribution in [0, 0.1) is 6.92 Å². The van der Waals surface area contributed by atoms with Crippen molar-refractivity contribution in [2.75, 3.05) is 13.2 Å². The second-order valence-corrected chi connectivity index (χ2v) is 3.21. The summed E-state index contributed by atoms with van der Waals surface area (Å²) in [5.41, 5.74) is 0. The van der Waals surface area contributed by atoms with Crippen molar-refractivity contribution in [3.63, 3.8) is 0 Å². The Hall–Kier alpha value is -0.670. The Morgan fingerprint density at radius 3 is 1.56 bits per heavy atom. The lowest BCUT2D eigenvalue weighted by Gasteiger charge is -2.33. The molecule has 0 aliphatic heterocycles. The van der Waals surface area contributed by atoms with Crippen LogP contribution in [0.2, 0.25) is 0 Å². The normalized spacial score (nSPS) is 15.0. The molecule has 0 bridgehead atoms. The molecule has 0 unspecified atom stereocenters. The topological polar surface area (TPSA) is 9.23 Å². The van der Waals surface area contributed by atoms with E-state index in [1.807, 2.05) is 0 Å².